The Kier molecular flexibility index (Phi) is 5.52. The highest BCUT2D eigenvalue weighted by molar-refractivity contribution is 6.36. The number of nitrogens with one attached hydrogen (secondary N) is 1. The number of benzene rings is 2. The number of carbonyl (C=O) groups excluding carboxylic acids is 2. The van der Waals surface area contributed by atoms with Crippen LogP contribution in [0.1, 0.15) is 12.0 Å². The largest absolute Gasteiger partial charge is 0.337 e. The van der Waals surface area contributed by atoms with E-state index in [1.807, 2.05) is 18.2 Å². The SMILES string of the molecule is O=C(Nc1ccc(Cl)cc1Cl)C1CC(=O)N(Cc2ccccc2Cl)C1. The van der Waals surface area contributed by atoms with Crippen molar-refractivity contribution in [2.45, 2.75) is 13.0 Å². The van der Waals surface area contributed by atoms with Gasteiger partial charge in [0.05, 0.1) is 16.6 Å². The monoisotopic (exact) mass is 396 g/mol. The van der Waals surface area contributed by atoms with Crippen LogP contribution in [0.25, 0.3) is 0 Å². The fourth-order valence-electron chi connectivity index (χ4n) is 2.76. The summed E-state index contributed by atoms with van der Waals surface area (Å²) < 4.78 is 0. The first-order chi connectivity index (χ1) is 11.9. The van der Waals surface area contributed by atoms with Gasteiger partial charge in [0.1, 0.15) is 0 Å². The van der Waals surface area contributed by atoms with Gasteiger partial charge in [-0.3, -0.25) is 9.59 Å². The minimum absolute atomic E-state index is 0.0673. The van der Waals surface area contributed by atoms with Gasteiger partial charge in [-0.05, 0) is 29.8 Å². The minimum Gasteiger partial charge on any atom is -0.337 e. The molecule has 4 nitrogen and oxygen atoms in total. The molecule has 7 heteroatoms. The lowest BCUT2D eigenvalue weighted by atomic mass is 10.1. The van der Waals surface area contributed by atoms with E-state index in [0.717, 1.165) is 5.56 Å². The second-order valence-corrected chi connectivity index (χ2v) is 7.13. The highest BCUT2D eigenvalue weighted by atomic mass is 35.5. The number of rotatable bonds is 4. The molecule has 2 aromatic rings. The maximum atomic E-state index is 12.5. The van der Waals surface area contributed by atoms with E-state index in [0.29, 0.717) is 33.8 Å². The first-order valence-corrected chi connectivity index (χ1v) is 8.84. The second kappa shape index (κ2) is 7.65. The molecule has 2 aromatic carbocycles. The third-order valence-corrected chi connectivity index (χ3v) is 5.01. The first kappa shape index (κ1) is 18.1. The molecule has 1 atom stereocenters. The number of hydrogen-bond acceptors (Lipinski definition) is 2. The molecule has 1 heterocycles. The maximum Gasteiger partial charge on any atom is 0.229 e. The summed E-state index contributed by atoms with van der Waals surface area (Å²) in [4.78, 5) is 26.3. The standard InChI is InChI=1S/C18H15Cl3N2O2/c19-13-5-6-16(15(21)8-13)22-18(25)12-7-17(24)23(10-12)9-11-3-1-2-4-14(11)20/h1-6,8,12H,7,9-10H2,(H,22,25). The van der Waals surface area contributed by atoms with Crippen LogP contribution in [0.3, 0.4) is 0 Å². The predicted octanol–water partition coefficient (Wildman–Crippen LogP) is 4.63. The van der Waals surface area contributed by atoms with Crippen molar-refractivity contribution < 1.29 is 9.59 Å². The van der Waals surface area contributed by atoms with Gasteiger partial charge in [0.2, 0.25) is 11.8 Å². The van der Waals surface area contributed by atoms with Crippen LogP contribution in [0.5, 0.6) is 0 Å². The smallest absolute Gasteiger partial charge is 0.229 e. The highest BCUT2D eigenvalue weighted by Crippen LogP contribution is 2.28. The van der Waals surface area contributed by atoms with Crippen molar-refractivity contribution in [2.24, 2.45) is 5.92 Å². The highest BCUT2D eigenvalue weighted by Gasteiger charge is 2.34. The first-order valence-electron chi connectivity index (χ1n) is 7.71. The van der Waals surface area contributed by atoms with Crippen molar-refractivity contribution in [3.05, 3.63) is 63.1 Å². The molecule has 1 unspecified atom stereocenters. The van der Waals surface area contributed by atoms with E-state index in [-0.39, 0.29) is 18.2 Å². The van der Waals surface area contributed by atoms with E-state index in [1.54, 1.807) is 29.2 Å². The van der Waals surface area contributed by atoms with E-state index >= 15 is 0 Å². The van der Waals surface area contributed by atoms with Crippen LogP contribution in [-0.2, 0) is 16.1 Å². The van der Waals surface area contributed by atoms with E-state index in [9.17, 15) is 9.59 Å². The maximum absolute atomic E-state index is 12.5. The number of halogens is 3. The molecule has 2 amide bonds. The molecule has 0 spiro atoms. The summed E-state index contributed by atoms with van der Waals surface area (Å²) in [6, 6.07) is 12.2. The number of anilines is 1. The van der Waals surface area contributed by atoms with Crippen molar-refractivity contribution in [3.8, 4) is 0 Å². The third kappa shape index (κ3) is 4.27. The molecule has 1 aliphatic heterocycles. The Labute approximate surface area is 160 Å². The van der Waals surface area contributed by atoms with E-state index in [1.165, 1.54) is 0 Å². The van der Waals surface area contributed by atoms with Gasteiger partial charge in [-0.1, -0.05) is 53.0 Å². The summed E-state index contributed by atoms with van der Waals surface area (Å²) in [5, 5.41) is 4.22. The van der Waals surface area contributed by atoms with Crippen LogP contribution in [-0.4, -0.2) is 23.3 Å². The molecule has 1 aliphatic rings. The van der Waals surface area contributed by atoms with Gasteiger partial charge in [-0.15, -0.1) is 0 Å². The van der Waals surface area contributed by atoms with Crippen LogP contribution in [0.2, 0.25) is 15.1 Å². The van der Waals surface area contributed by atoms with Crippen molar-refractivity contribution in [1.82, 2.24) is 4.90 Å². The minimum atomic E-state index is -0.429. The molecule has 130 valence electrons. The van der Waals surface area contributed by atoms with Crippen molar-refractivity contribution in [3.63, 3.8) is 0 Å². The molecule has 0 saturated carbocycles. The van der Waals surface area contributed by atoms with Crippen molar-refractivity contribution in [1.29, 1.82) is 0 Å². The third-order valence-electron chi connectivity index (χ3n) is 4.09. The van der Waals surface area contributed by atoms with Crippen LogP contribution in [0, 0.1) is 5.92 Å². The summed E-state index contributed by atoms with van der Waals surface area (Å²) in [7, 11) is 0. The summed E-state index contributed by atoms with van der Waals surface area (Å²) in [5.74, 6) is -0.733. The average molecular weight is 398 g/mol. The molecule has 0 radical (unpaired) electrons. The van der Waals surface area contributed by atoms with Gasteiger partial charge in [0.25, 0.3) is 0 Å². The lowest BCUT2D eigenvalue weighted by Gasteiger charge is -2.17. The Balaban J connectivity index is 1.65. The average Bonchev–Trinajstić information content (AvgIpc) is 2.93. The predicted molar refractivity (Wildman–Crippen MR) is 100 cm³/mol. The molecular formula is C18H15Cl3N2O2. The topological polar surface area (TPSA) is 49.4 Å². The Morgan fingerprint density at radius 2 is 1.88 bits per heavy atom. The molecule has 3 rings (SSSR count). The Hall–Kier alpha value is -1.75. The van der Waals surface area contributed by atoms with Crippen molar-refractivity contribution >= 4 is 52.3 Å². The molecule has 1 saturated heterocycles. The van der Waals surface area contributed by atoms with E-state index in [2.05, 4.69) is 5.32 Å². The van der Waals surface area contributed by atoms with Gasteiger partial charge in [0.15, 0.2) is 0 Å². The molecule has 0 bridgehead atoms. The summed E-state index contributed by atoms with van der Waals surface area (Å²) in [6.45, 7) is 0.741. The molecule has 25 heavy (non-hydrogen) atoms. The molecular weight excluding hydrogens is 383 g/mol. The Bertz CT molecular complexity index is 826. The van der Waals surface area contributed by atoms with Crippen LogP contribution < -0.4 is 5.32 Å². The quantitative estimate of drug-likeness (QED) is 0.817. The number of likely N-dealkylation sites (tertiary alicyclic amines) is 1. The normalized spacial score (nSPS) is 17.0. The number of carbonyl (C=O) groups is 2. The van der Waals surface area contributed by atoms with Crippen LogP contribution in [0.15, 0.2) is 42.5 Å². The Morgan fingerprint density at radius 3 is 2.60 bits per heavy atom. The van der Waals surface area contributed by atoms with Gasteiger partial charge in [0, 0.05) is 29.6 Å². The van der Waals surface area contributed by atoms with Crippen LogP contribution in [0.4, 0.5) is 5.69 Å². The van der Waals surface area contributed by atoms with E-state index in [4.69, 9.17) is 34.8 Å². The van der Waals surface area contributed by atoms with Gasteiger partial charge < -0.3 is 10.2 Å². The molecule has 1 fully saturated rings. The van der Waals surface area contributed by atoms with E-state index < -0.39 is 5.92 Å². The number of nitrogens with zero attached hydrogens (tertiary/aromatic N) is 1. The van der Waals surface area contributed by atoms with Gasteiger partial charge in [-0.25, -0.2) is 0 Å². The van der Waals surface area contributed by atoms with Crippen LogP contribution >= 0.6 is 34.8 Å². The van der Waals surface area contributed by atoms with Gasteiger partial charge >= 0.3 is 0 Å². The molecule has 0 aromatic heterocycles. The number of hydrogen-bond donors (Lipinski definition) is 1. The summed E-state index contributed by atoms with van der Waals surface area (Å²) >= 11 is 18.1. The number of amides is 2. The fraction of sp³-hybridized carbons (Fsp3) is 0.222. The fourth-order valence-corrected chi connectivity index (χ4v) is 3.41. The van der Waals surface area contributed by atoms with Gasteiger partial charge in [-0.2, -0.15) is 0 Å². The zero-order valence-electron chi connectivity index (χ0n) is 13.1. The zero-order valence-corrected chi connectivity index (χ0v) is 15.4. The second-order valence-electron chi connectivity index (χ2n) is 5.88. The lowest BCUT2D eigenvalue weighted by Crippen LogP contribution is -2.28. The Morgan fingerprint density at radius 1 is 1.12 bits per heavy atom. The molecule has 0 aliphatic carbocycles. The summed E-state index contributed by atoms with van der Waals surface area (Å²) in [6.07, 6.45) is 0.168. The zero-order chi connectivity index (χ0) is 18.0. The lowest BCUT2D eigenvalue weighted by molar-refractivity contribution is -0.128. The molecule has 1 N–H and O–H groups in total. The van der Waals surface area contributed by atoms with Crippen molar-refractivity contribution in [2.75, 3.05) is 11.9 Å². The summed E-state index contributed by atoms with van der Waals surface area (Å²) in [5.41, 5.74) is 1.34.